The van der Waals surface area contributed by atoms with Crippen LogP contribution in [0.15, 0.2) is 30.6 Å². The third-order valence-corrected chi connectivity index (χ3v) is 4.18. The Bertz CT molecular complexity index is 685. The van der Waals surface area contributed by atoms with Crippen LogP contribution in [0.1, 0.15) is 37.2 Å². The molecule has 0 saturated carbocycles. The first kappa shape index (κ1) is 18.5. The molecule has 2 aromatic rings. The fraction of sp³-hybridized carbons (Fsp3) is 0.353. The van der Waals surface area contributed by atoms with E-state index in [9.17, 15) is 4.79 Å². The molecule has 128 valence electrons. The highest BCUT2D eigenvalue weighted by Gasteiger charge is 2.16. The average Bonchev–Trinajstić information content (AvgIpc) is 2.59. The van der Waals surface area contributed by atoms with Crippen LogP contribution in [-0.4, -0.2) is 33.9 Å². The molecule has 0 unspecified atom stereocenters. The van der Waals surface area contributed by atoms with Crippen LogP contribution in [0.5, 0.6) is 0 Å². The average molecular weight is 367 g/mol. The van der Waals surface area contributed by atoms with Crippen molar-refractivity contribution in [1.29, 1.82) is 0 Å². The van der Waals surface area contributed by atoms with Crippen LogP contribution in [0.2, 0.25) is 10.0 Å². The first-order valence-corrected chi connectivity index (χ1v) is 8.64. The first-order chi connectivity index (χ1) is 11.6. The molecule has 0 spiro atoms. The lowest BCUT2D eigenvalue weighted by molar-refractivity contribution is 0.0749. The van der Waals surface area contributed by atoms with Crippen molar-refractivity contribution >= 4 is 40.6 Å². The number of rotatable bonds is 7. The molecule has 24 heavy (non-hydrogen) atoms. The Hall–Kier alpha value is -1.85. The number of benzene rings is 1. The molecular formula is C17H20Cl2N4O. The van der Waals surface area contributed by atoms with Gasteiger partial charge in [-0.15, -0.1) is 0 Å². The summed E-state index contributed by atoms with van der Waals surface area (Å²) in [5.41, 5.74) is 0.968. The minimum absolute atomic E-state index is 0.0986. The highest BCUT2D eigenvalue weighted by molar-refractivity contribution is 6.43. The van der Waals surface area contributed by atoms with E-state index in [1.54, 1.807) is 23.1 Å². The molecule has 0 fully saturated rings. The van der Waals surface area contributed by atoms with Crippen LogP contribution in [0.4, 0.5) is 11.5 Å². The predicted octanol–water partition coefficient (Wildman–Crippen LogP) is 4.79. The maximum Gasteiger partial charge on any atom is 0.274 e. The minimum atomic E-state index is -0.0986. The number of nitrogens with zero attached hydrogens (tertiary/aromatic N) is 3. The molecule has 1 aromatic carbocycles. The Balaban J connectivity index is 2.12. The lowest BCUT2D eigenvalue weighted by Gasteiger charge is -2.20. The summed E-state index contributed by atoms with van der Waals surface area (Å²) in [4.78, 5) is 22.7. The molecule has 0 radical (unpaired) electrons. The third kappa shape index (κ3) is 4.58. The van der Waals surface area contributed by atoms with E-state index < -0.39 is 0 Å². The summed E-state index contributed by atoms with van der Waals surface area (Å²) in [5, 5.41) is 3.91. The molecule has 5 nitrogen and oxygen atoms in total. The Morgan fingerprint density at radius 3 is 2.42 bits per heavy atom. The van der Waals surface area contributed by atoms with Gasteiger partial charge in [-0.2, -0.15) is 0 Å². The van der Waals surface area contributed by atoms with Gasteiger partial charge in [0.2, 0.25) is 0 Å². The number of hydrogen-bond donors (Lipinski definition) is 1. The zero-order valence-corrected chi connectivity index (χ0v) is 15.2. The van der Waals surface area contributed by atoms with Gasteiger partial charge in [-0.3, -0.25) is 4.79 Å². The van der Waals surface area contributed by atoms with Gasteiger partial charge < -0.3 is 10.2 Å². The molecule has 1 N–H and O–H groups in total. The molecule has 0 aliphatic carbocycles. The lowest BCUT2D eigenvalue weighted by atomic mass is 10.3. The van der Waals surface area contributed by atoms with Crippen molar-refractivity contribution in [1.82, 2.24) is 14.9 Å². The lowest BCUT2D eigenvalue weighted by Crippen LogP contribution is -2.33. The van der Waals surface area contributed by atoms with Gasteiger partial charge in [0.15, 0.2) is 0 Å². The van der Waals surface area contributed by atoms with Crippen molar-refractivity contribution in [3.05, 3.63) is 46.3 Å². The number of aromatic nitrogens is 2. The summed E-state index contributed by atoms with van der Waals surface area (Å²) >= 11 is 12.1. The van der Waals surface area contributed by atoms with Crippen molar-refractivity contribution in [2.45, 2.75) is 26.7 Å². The monoisotopic (exact) mass is 366 g/mol. The molecule has 0 bridgehead atoms. The number of amides is 1. The number of carbonyl (C=O) groups excluding carboxylic acids is 1. The van der Waals surface area contributed by atoms with E-state index in [1.807, 2.05) is 13.8 Å². The van der Waals surface area contributed by atoms with E-state index in [-0.39, 0.29) is 5.91 Å². The largest absolute Gasteiger partial charge is 0.338 e. The van der Waals surface area contributed by atoms with Crippen molar-refractivity contribution < 1.29 is 4.79 Å². The van der Waals surface area contributed by atoms with E-state index in [2.05, 4.69) is 15.3 Å². The third-order valence-electron chi connectivity index (χ3n) is 3.36. The Kier molecular flexibility index (Phi) is 6.82. The molecule has 0 aliphatic rings. The van der Waals surface area contributed by atoms with Crippen LogP contribution in [0.3, 0.4) is 0 Å². The highest BCUT2D eigenvalue weighted by Crippen LogP contribution is 2.31. The predicted molar refractivity (Wildman–Crippen MR) is 98.3 cm³/mol. The SMILES string of the molecule is CCCN(CCC)C(=O)c1cnc(Nc2cccc(Cl)c2Cl)cn1. The van der Waals surface area contributed by atoms with E-state index in [4.69, 9.17) is 23.2 Å². The zero-order valence-electron chi connectivity index (χ0n) is 13.7. The van der Waals surface area contributed by atoms with E-state index >= 15 is 0 Å². The van der Waals surface area contributed by atoms with Crippen molar-refractivity contribution in [2.75, 3.05) is 18.4 Å². The van der Waals surface area contributed by atoms with Gasteiger partial charge in [0, 0.05) is 13.1 Å². The van der Waals surface area contributed by atoms with E-state index in [0.717, 1.165) is 12.8 Å². The number of halogens is 2. The molecule has 1 heterocycles. The number of hydrogen-bond acceptors (Lipinski definition) is 4. The highest BCUT2D eigenvalue weighted by atomic mass is 35.5. The van der Waals surface area contributed by atoms with Crippen LogP contribution >= 0.6 is 23.2 Å². The van der Waals surface area contributed by atoms with Gasteiger partial charge in [-0.05, 0) is 25.0 Å². The number of nitrogens with one attached hydrogen (secondary N) is 1. The van der Waals surface area contributed by atoms with Gasteiger partial charge in [0.1, 0.15) is 11.5 Å². The summed E-state index contributed by atoms with van der Waals surface area (Å²) in [5.74, 6) is 0.395. The van der Waals surface area contributed by atoms with Crippen molar-refractivity contribution in [2.24, 2.45) is 0 Å². The van der Waals surface area contributed by atoms with Crippen LogP contribution in [-0.2, 0) is 0 Å². The second-order valence-corrected chi connectivity index (χ2v) is 6.09. The molecule has 1 amide bonds. The second kappa shape index (κ2) is 8.85. The van der Waals surface area contributed by atoms with E-state index in [1.165, 1.54) is 12.4 Å². The summed E-state index contributed by atoms with van der Waals surface area (Å²) in [7, 11) is 0. The van der Waals surface area contributed by atoms with Crippen molar-refractivity contribution in [3.63, 3.8) is 0 Å². The number of carbonyl (C=O) groups is 1. The molecule has 0 saturated heterocycles. The van der Waals surface area contributed by atoms with Gasteiger partial charge >= 0.3 is 0 Å². The molecule has 7 heteroatoms. The standard InChI is InChI=1S/C17H20Cl2N4O/c1-3-8-23(9-4-2)17(24)14-10-21-15(11-20-14)22-13-7-5-6-12(18)16(13)19/h5-7,10-11H,3-4,8-9H2,1-2H3,(H,21,22). The second-order valence-electron chi connectivity index (χ2n) is 5.31. The Morgan fingerprint density at radius 2 is 1.83 bits per heavy atom. The van der Waals surface area contributed by atoms with Gasteiger partial charge in [-0.25, -0.2) is 9.97 Å². The summed E-state index contributed by atoms with van der Waals surface area (Å²) < 4.78 is 0. The van der Waals surface area contributed by atoms with Gasteiger partial charge in [0.05, 0.1) is 28.1 Å². The maximum absolute atomic E-state index is 12.5. The maximum atomic E-state index is 12.5. The fourth-order valence-electron chi connectivity index (χ4n) is 2.26. The normalized spacial score (nSPS) is 10.5. The van der Waals surface area contributed by atoms with Gasteiger partial charge in [0.25, 0.3) is 5.91 Å². The summed E-state index contributed by atoms with van der Waals surface area (Å²) in [6.45, 7) is 5.52. The topological polar surface area (TPSA) is 58.1 Å². The molecule has 1 aromatic heterocycles. The molecular weight excluding hydrogens is 347 g/mol. The summed E-state index contributed by atoms with van der Waals surface area (Å²) in [6.07, 6.45) is 4.81. The number of anilines is 2. The molecule has 0 aliphatic heterocycles. The van der Waals surface area contributed by atoms with Crippen LogP contribution in [0, 0.1) is 0 Å². The fourth-order valence-corrected chi connectivity index (χ4v) is 2.61. The van der Waals surface area contributed by atoms with E-state index in [0.29, 0.717) is 40.3 Å². The Morgan fingerprint density at radius 1 is 1.12 bits per heavy atom. The smallest absolute Gasteiger partial charge is 0.274 e. The van der Waals surface area contributed by atoms with Crippen LogP contribution < -0.4 is 5.32 Å². The zero-order chi connectivity index (χ0) is 17.5. The van der Waals surface area contributed by atoms with Crippen molar-refractivity contribution in [3.8, 4) is 0 Å². The Labute approximate surface area is 152 Å². The minimum Gasteiger partial charge on any atom is -0.338 e. The van der Waals surface area contributed by atoms with Gasteiger partial charge in [-0.1, -0.05) is 43.1 Å². The molecule has 2 rings (SSSR count). The summed E-state index contributed by atoms with van der Waals surface area (Å²) in [6, 6.07) is 5.28. The van der Waals surface area contributed by atoms with Crippen LogP contribution in [0.25, 0.3) is 0 Å². The first-order valence-electron chi connectivity index (χ1n) is 7.89. The quantitative estimate of drug-likeness (QED) is 0.765. The molecule has 0 atom stereocenters.